The number of carbonyl (C=O) groups is 2. The number of hydrogen-bond donors (Lipinski definition) is 0. The average molecular weight is 344 g/mol. The van der Waals surface area contributed by atoms with Crippen LogP contribution in [0.25, 0.3) is 0 Å². The molecule has 2 saturated heterocycles. The van der Waals surface area contributed by atoms with Gasteiger partial charge >= 0.3 is 0 Å². The van der Waals surface area contributed by atoms with Gasteiger partial charge in [-0.1, -0.05) is 10.3 Å². The number of carbonyl (C=O) groups excluding carboxylic acids is 2. The first kappa shape index (κ1) is 15.9. The van der Waals surface area contributed by atoms with E-state index in [4.69, 9.17) is 9.05 Å². The highest BCUT2D eigenvalue weighted by molar-refractivity contribution is 5.80. The summed E-state index contributed by atoms with van der Waals surface area (Å²) in [7, 11) is 0. The van der Waals surface area contributed by atoms with Gasteiger partial charge in [-0.3, -0.25) is 9.59 Å². The van der Waals surface area contributed by atoms with Crippen LogP contribution in [0, 0.1) is 5.92 Å². The number of fused-ring (bicyclic) bond motifs is 1. The molecule has 4 heterocycles. The molecule has 25 heavy (non-hydrogen) atoms. The van der Waals surface area contributed by atoms with Crippen LogP contribution in [0.3, 0.4) is 0 Å². The highest BCUT2D eigenvalue weighted by Crippen LogP contribution is 2.31. The number of hydrogen-bond acceptors (Lipinski definition) is 6. The number of likely N-dealkylation sites (tertiary alicyclic amines) is 2. The normalized spacial score (nSPS) is 22.9. The molecular formula is C17H20N4O4. The van der Waals surface area contributed by atoms with Crippen molar-refractivity contribution in [1.29, 1.82) is 0 Å². The van der Waals surface area contributed by atoms with Crippen LogP contribution in [-0.4, -0.2) is 57.6 Å². The first-order valence-corrected chi connectivity index (χ1v) is 8.56. The Balaban J connectivity index is 1.41. The van der Waals surface area contributed by atoms with Crippen molar-refractivity contribution in [3.63, 3.8) is 0 Å². The van der Waals surface area contributed by atoms with Gasteiger partial charge in [0.1, 0.15) is 12.5 Å². The first-order chi connectivity index (χ1) is 12.2. The summed E-state index contributed by atoms with van der Waals surface area (Å²) in [6.07, 6.45) is 5.44. The highest BCUT2D eigenvalue weighted by Gasteiger charge is 2.42. The SMILES string of the molecule is O=C(Cc1ccon1)N1C[C@@H]2CCCN(C(=O)Cc3ccon3)[C@@H]2C1. The van der Waals surface area contributed by atoms with Crippen molar-refractivity contribution in [1.82, 2.24) is 20.1 Å². The lowest BCUT2D eigenvalue weighted by molar-refractivity contribution is -0.135. The van der Waals surface area contributed by atoms with Crippen molar-refractivity contribution >= 4 is 11.8 Å². The van der Waals surface area contributed by atoms with Crippen molar-refractivity contribution in [3.05, 3.63) is 36.0 Å². The van der Waals surface area contributed by atoms with Crippen molar-refractivity contribution < 1.29 is 18.6 Å². The van der Waals surface area contributed by atoms with Gasteiger partial charge < -0.3 is 18.8 Å². The van der Waals surface area contributed by atoms with E-state index >= 15 is 0 Å². The molecule has 2 aromatic heterocycles. The molecular weight excluding hydrogens is 324 g/mol. The Kier molecular flexibility index (Phi) is 4.25. The van der Waals surface area contributed by atoms with E-state index in [1.165, 1.54) is 12.5 Å². The zero-order valence-corrected chi connectivity index (χ0v) is 13.8. The molecule has 0 spiro atoms. The maximum absolute atomic E-state index is 12.7. The molecule has 0 aromatic carbocycles. The standard InChI is InChI=1S/C17H20N4O4/c22-16(8-13-3-6-24-18-13)20-10-12-2-1-5-21(15(12)11-20)17(23)9-14-4-7-25-19-14/h3-4,6-7,12,15H,1-2,5,8-11H2/t12-,15+/m0/s1. The maximum atomic E-state index is 12.7. The van der Waals surface area contributed by atoms with Crippen LogP contribution in [0.5, 0.6) is 0 Å². The van der Waals surface area contributed by atoms with E-state index in [0.717, 1.165) is 19.4 Å². The van der Waals surface area contributed by atoms with Gasteiger partial charge in [-0.2, -0.15) is 0 Å². The fraction of sp³-hybridized carbons (Fsp3) is 0.529. The summed E-state index contributed by atoms with van der Waals surface area (Å²) in [5.74, 6) is 0.429. The highest BCUT2D eigenvalue weighted by atomic mass is 16.5. The molecule has 8 nitrogen and oxygen atoms in total. The van der Waals surface area contributed by atoms with Crippen molar-refractivity contribution in [2.45, 2.75) is 31.7 Å². The molecule has 0 radical (unpaired) electrons. The Morgan fingerprint density at radius 2 is 1.72 bits per heavy atom. The third-order valence-electron chi connectivity index (χ3n) is 5.10. The Hall–Kier alpha value is -2.64. The van der Waals surface area contributed by atoms with Gasteiger partial charge in [-0.25, -0.2) is 0 Å². The number of amides is 2. The van der Waals surface area contributed by atoms with E-state index in [1.807, 2.05) is 9.80 Å². The lowest BCUT2D eigenvalue weighted by Crippen LogP contribution is -2.49. The second-order valence-electron chi connectivity index (χ2n) is 6.69. The Morgan fingerprint density at radius 1 is 1.04 bits per heavy atom. The minimum atomic E-state index is 0.0344. The summed E-state index contributed by atoms with van der Waals surface area (Å²) in [6.45, 7) is 2.03. The molecule has 4 rings (SSSR count). The Morgan fingerprint density at radius 3 is 2.36 bits per heavy atom. The lowest BCUT2D eigenvalue weighted by Gasteiger charge is -2.36. The second-order valence-corrected chi connectivity index (χ2v) is 6.69. The van der Waals surface area contributed by atoms with Crippen LogP contribution in [0.4, 0.5) is 0 Å². The van der Waals surface area contributed by atoms with Gasteiger partial charge in [-0.05, 0) is 18.8 Å². The molecule has 2 atom stereocenters. The van der Waals surface area contributed by atoms with E-state index in [9.17, 15) is 9.59 Å². The lowest BCUT2D eigenvalue weighted by atomic mass is 9.92. The Bertz CT molecular complexity index is 728. The van der Waals surface area contributed by atoms with E-state index in [2.05, 4.69) is 10.3 Å². The molecule has 0 bridgehead atoms. The summed E-state index contributed by atoms with van der Waals surface area (Å²) in [5.41, 5.74) is 1.28. The summed E-state index contributed by atoms with van der Waals surface area (Å²) in [6, 6.07) is 3.51. The molecule has 2 fully saturated rings. The van der Waals surface area contributed by atoms with E-state index in [1.54, 1.807) is 12.1 Å². The minimum absolute atomic E-state index is 0.0344. The van der Waals surface area contributed by atoms with Crippen LogP contribution < -0.4 is 0 Å². The summed E-state index contributed by atoms with van der Waals surface area (Å²) >= 11 is 0. The number of aromatic nitrogens is 2. The number of nitrogens with zero attached hydrogens (tertiary/aromatic N) is 4. The van der Waals surface area contributed by atoms with Gasteiger partial charge in [-0.15, -0.1) is 0 Å². The Labute approximate surface area is 144 Å². The molecule has 8 heteroatoms. The third-order valence-corrected chi connectivity index (χ3v) is 5.10. The van der Waals surface area contributed by atoms with Gasteiger partial charge in [0.2, 0.25) is 11.8 Å². The van der Waals surface area contributed by atoms with E-state index < -0.39 is 0 Å². The van der Waals surface area contributed by atoms with E-state index in [0.29, 0.717) is 30.4 Å². The molecule has 0 N–H and O–H groups in total. The summed E-state index contributed by atoms with van der Waals surface area (Å²) < 4.78 is 9.58. The molecule has 2 aromatic rings. The average Bonchev–Trinajstić information content (AvgIpc) is 3.35. The third kappa shape index (κ3) is 3.29. The second kappa shape index (κ2) is 6.70. The molecule has 0 saturated carbocycles. The van der Waals surface area contributed by atoms with Gasteiger partial charge in [0.15, 0.2) is 0 Å². The van der Waals surface area contributed by atoms with E-state index in [-0.39, 0.29) is 30.7 Å². The first-order valence-electron chi connectivity index (χ1n) is 8.56. The van der Waals surface area contributed by atoms with Crippen LogP contribution in [0.1, 0.15) is 24.2 Å². The van der Waals surface area contributed by atoms with Crippen LogP contribution >= 0.6 is 0 Å². The fourth-order valence-corrected chi connectivity index (χ4v) is 3.87. The molecule has 0 aliphatic carbocycles. The zero-order valence-electron chi connectivity index (χ0n) is 13.8. The molecule has 0 unspecified atom stereocenters. The summed E-state index contributed by atoms with van der Waals surface area (Å²) in [4.78, 5) is 28.9. The topological polar surface area (TPSA) is 92.7 Å². The van der Waals surface area contributed by atoms with Gasteiger partial charge in [0.05, 0.1) is 30.3 Å². The summed E-state index contributed by atoms with van der Waals surface area (Å²) in [5, 5.41) is 7.62. The molecule has 132 valence electrons. The smallest absolute Gasteiger partial charge is 0.229 e. The maximum Gasteiger partial charge on any atom is 0.229 e. The number of piperidine rings is 1. The molecule has 2 aliphatic heterocycles. The quantitative estimate of drug-likeness (QED) is 0.818. The zero-order chi connectivity index (χ0) is 17.2. The van der Waals surface area contributed by atoms with Crippen LogP contribution in [-0.2, 0) is 22.4 Å². The number of rotatable bonds is 4. The van der Waals surface area contributed by atoms with Crippen LogP contribution in [0.2, 0.25) is 0 Å². The predicted octanol–water partition coefficient (Wildman–Crippen LogP) is 0.897. The molecule has 2 amide bonds. The molecule has 2 aliphatic rings. The van der Waals surface area contributed by atoms with Crippen molar-refractivity contribution in [3.8, 4) is 0 Å². The largest absolute Gasteiger partial charge is 0.364 e. The van der Waals surface area contributed by atoms with Crippen LogP contribution in [0.15, 0.2) is 33.7 Å². The van der Waals surface area contributed by atoms with Gasteiger partial charge in [0.25, 0.3) is 0 Å². The van der Waals surface area contributed by atoms with Crippen molar-refractivity contribution in [2.24, 2.45) is 5.92 Å². The minimum Gasteiger partial charge on any atom is -0.364 e. The van der Waals surface area contributed by atoms with Crippen molar-refractivity contribution in [2.75, 3.05) is 19.6 Å². The van der Waals surface area contributed by atoms with Gasteiger partial charge in [0, 0.05) is 31.8 Å². The monoisotopic (exact) mass is 344 g/mol. The predicted molar refractivity (Wildman–Crippen MR) is 85.2 cm³/mol. The fourth-order valence-electron chi connectivity index (χ4n) is 3.87.